The highest BCUT2D eigenvalue weighted by atomic mass is 16.5. The normalized spacial score (nSPS) is 11.1. The maximum absolute atomic E-state index is 12.8. The second kappa shape index (κ2) is 11.5. The van der Waals surface area contributed by atoms with Gasteiger partial charge < -0.3 is 15.4 Å². The van der Waals surface area contributed by atoms with Crippen LogP contribution in [0.1, 0.15) is 73.2 Å². The van der Waals surface area contributed by atoms with Crippen molar-refractivity contribution in [2.45, 2.75) is 52.4 Å². The average molecular weight is 459 g/mol. The number of unbranched alkanes of at least 4 members (excludes halogenated alkanes) is 2. The molecule has 5 nitrogen and oxygen atoms in total. The number of para-hydroxylation sites is 1. The van der Waals surface area contributed by atoms with E-state index in [0.717, 1.165) is 19.3 Å². The van der Waals surface area contributed by atoms with Crippen LogP contribution in [0.15, 0.2) is 72.8 Å². The minimum Gasteiger partial charge on any atom is -0.493 e. The molecule has 178 valence electrons. The molecule has 0 bridgehead atoms. The van der Waals surface area contributed by atoms with Crippen molar-refractivity contribution < 1.29 is 14.3 Å². The van der Waals surface area contributed by atoms with Crippen LogP contribution in [0.2, 0.25) is 0 Å². The number of anilines is 2. The first-order valence-corrected chi connectivity index (χ1v) is 11.8. The first-order chi connectivity index (χ1) is 16.3. The van der Waals surface area contributed by atoms with E-state index in [1.807, 2.05) is 42.5 Å². The number of nitrogens with one attached hydrogen (secondary N) is 2. The molecule has 0 aliphatic carbocycles. The molecule has 5 heteroatoms. The van der Waals surface area contributed by atoms with Gasteiger partial charge in [0.1, 0.15) is 5.75 Å². The minimum absolute atomic E-state index is 0.0387. The summed E-state index contributed by atoms with van der Waals surface area (Å²) in [6.07, 6.45) is 3.17. The van der Waals surface area contributed by atoms with Crippen molar-refractivity contribution in [2.75, 3.05) is 17.2 Å². The lowest BCUT2D eigenvalue weighted by Crippen LogP contribution is -2.15. The topological polar surface area (TPSA) is 67.4 Å². The highest BCUT2D eigenvalue weighted by molar-refractivity contribution is 6.07. The first kappa shape index (κ1) is 25.0. The molecule has 0 saturated carbocycles. The fourth-order valence-corrected chi connectivity index (χ4v) is 3.47. The van der Waals surface area contributed by atoms with Crippen LogP contribution in [0.4, 0.5) is 11.4 Å². The van der Waals surface area contributed by atoms with E-state index in [4.69, 9.17) is 4.74 Å². The van der Waals surface area contributed by atoms with Gasteiger partial charge in [0.25, 0.3) is 11.8 Å². The number of carbonyl (C=O) groups is 2. The predicted octanol–water partition coefficient (Wildman–Crippen LogP) is 7.06. The molecule has 0 fully saturated rings. The lowest BCUT2D eigenvalue weighted by Gasteiger charge is -2.19. The second-order valence-electron chi connectivity index (χ2n) is 9.36. The molecule has 34 heavy (non-hydrogen) atoms. The molecule has 0 saturated heterocycles. The Balaban J connectivity index is 1.60. The molecule has 0 spiro atoms. The third-order valence-corrected chi connectivity index (χ3v) is 5.55. The Kier molecular flexibility index (Phi) is 8.47. The van der Waals surface area contributed by atoms with Crippen LogP contribution in [-0.4, -0.2) is 18.4 Å². The Morgan fingerprint density at radius 3 is 1.94 bits per heavy atom. The van der Waals surface area contributed by atoms with Gasteiger partial charge in [-0.05, 0) is 65.9 Å². The fourth-order valence-electron chi connectivity index (χ4n) is 3.47. The summed E-state index contributed by atoms with van der Waals surface area (Å²) in [5.41, 5.74) is 3.60. The first-order valence-electron chi connectivity index (χ1n) is 11.8. The molecular weight excluding hydrogens is 424 g/mol. The summed E-state index contributed by atoms with van der Waals surface area (Å²) in [5, 5.41) is 5.80. The van der Waals surface area contributed by atoms with Crippen molar-refractivity contribution in [1.29, 1.82) is 0 Å². The molecule has 3 aromatic carbocycles. The number of hydrogen-bond acceptors (Lipinski definition) is 3. The number of benzene rings is 3. The van der Waals surface area contributed by atoms with Gasteiger partial charge in [0.15, 0.2) is 0 Å². The maximum atomic E-state index is 12.8. The van der Waals surface area contributed by atoms with Crippen LogP contribution in [0, 0.1) is 0 Å². The van der Waals surface area contributed by atoms with E-state index in [0.29, 0.717) is 34.9 Å². The largest absolute Gasteiger partial charge is 0.493 e. The van der Waals surface area contributed by atoms with Gasteiger partial charge in [-0.15, -0.1) is 0 Å². The van der Waals surface area contributed by atoms with Gasteiger partial charge >= 0.3 is 0 Å². The Morgan fingerprint density at radius 2 is 1.35 bits per heavy atom. The molecule has 0 atom stereocenters. The van der Waals surface area contributed by atoms with Crippen LogP contribution in [0.3, 0.4) is 0 Å². The van der Waals surface area contributed by atoms with E-state index in [1.165, 1.54) is 5.56 Å². The van der Waals surface area contributed by atoms with Crippen molar-refractivity contribution in [3.8, 4) is 5.75 Å². The van der Waals surface area contributed by atoms with E-state index < -0.39 is 0 Å². The predicted molar refractivity (Wildman–Crippen MR) is 139 cm³/mol. The van der Waals surface area contributed by atoms with E-state index in [2.05, 4.69) is 38.3 Å². The standard InChI is InChI=1S/C29H34N2O3/c1-5-6-9-20-34-26-11-8-7-10-25(26)28(33)31-24-18-16-23(17-19-24)30-27(32)21-12-14-22(15-13-21)29(2,3)4/h7-8,10-19H,5-6,9,20H2,1-4H3,(H,30,32)(H,31,33). The van der Waals surface area contributed by atoms with E-state index in [-0.39, 0.29) is 17.2 Å². The maximum Gasteiger partial charge on any atom is 0.259 e. The Hall–Kier alpha value is -3.60. The molecule has 0 unspecified atom stereocenters. The van der Waals surface area contributed by atoms with E-state index >= 15 is 0 Å². The van der Waals surface area contributed by atoms with Gasteiger partial charge in [0, 0.05) is 16.9 Å². The van der Waals surface area contributed by atoms with Gasteiger partial charge in [-0.25, -0.2) is 0 Å². The molecule has 2 N–H and O–H groups in total. The van der Waals surface area contributed by atoms with Gasteiger partial charge in [-0.1, -0.05) is 64.8 Å². The monoisotopic (exact) mass is 458 g/mol. The van der Waals surface area contributed by atoms with E-state index in [9.17, 15) is 9.59 Å². The Bertz CT molecular complexity index is 1100. The zero-order chi connectivity index (χ0) is 24.6. The van der Waals surface area contributed by atoms with Gasteiger partial charge in [-0.3, -0.25) is 9.59 Å². The molecule has 0 radical (unpaired) electrons. The van der Waals surface area contributed by atoms with Crippen LogP contribution < -0.4 is 15.4 Å². The molecule has 2 amide bonds. The summed E-state index contributed by atoms with van der Waals surface area (Å²) in [6.45, 7) is 9.15. The molecule has 3 rings (SSSR count). The summed E-state index contributed by atoms with van der Waals surface area (Å²) in [6, 6.07) is 22.0. The second-order valence-corrected chi connectivity index (χ2v) is 9.36. The lowest BCUT2D eigenvalue weighted by molar-refractivity contribution is 0.101. The number of amides is 2. The van der Waals surface area contributed by atoms with Crippen molar-refractivity contribution in [3.63, 3.8) is 0 Å². The zero-order valence-corrected chi connectivity index (χ0v) is 20.5. The zero-order valence-electron chi connectivity index (χ0n) is 20.5. The number of rotatable bonds is 9. The van der Waals surface area contributed by atoms with Crippen LogP contribution >= 0.6 is 0 Å². The third-order valence-electron chi connectivity index (χ3n) is 5.55. The van der Waals surface area contributed by atoms with Crippen LogP contribution in [-0.2, 0) is 5.41 Å². The van der Waals surface area contributed by atoms with Crippen molar-refractivity contribution in [2.24, 2.45) is 0 Å². The highest BCUT2D eigenvalue weighted by Gasteiger charge is 2.15. The Morgan fingerprint density at radius 1 is 0.765 bits per heavy atom. The SMILES string of the molecule is CCCCCOc1ccccc1C(=O)Nc1ccc(NC(=O)c2ccc(C(C)(C)C)cc2)cc1. The quantitative estimate of drug-likeness (QED) is 0.337. The molecular formula is C29H34N2O3. The number of ether oxygens (including phenoxy) is 1. The lowest BCUT2D eigenvalue weighted by atomic mass is 9.87. The number of hydrogen-bond donors (Lipinski definition) is 2. The summed E-state index contributed by atoms with van der Waals surface area (Å²) in [5.74, 6) is 0.172. The van der Waals surface area contributed by atoms with E-state index in [1.54, 1.807) is 30.3 Å². The van der Waals surface area contributed by atoms with Gasteiger partial charge in [-0.2, -0.15) is 0 Å². The summed E-state index contributed by atoms with van der Waals surface area (Å²) in [7, 11) is 0. The summed E-state index contributed by atoms with van der Waals surface area (Å²) < 4.78 is 5.82. The van der Waals surface area contributed by atoms with Gasteiger partial charge in [0.2, 0.25) is 0 Å². The molecule has 0 aromatic heterocycles. The Labute approximate surface area is 202 Å². The summed E-state index contributed by atoms with van der Waals surface area (Å²) >= 11 is 0. The highest BCUT2D eigenvalue weighted by Crippen LogP contribution is 2.23. The van der Waals surface area contributed by atoms with Crippen LogP contribution in [0.5, 0.6) is 5.75 Å². The summed E-state index contributed by atoms with van der Waals surface area (Å²) in [4.78, 5) is 25.4. The molecule has 3 aromatic rings. The third kappa shape index (κ3) is 6.95. The molecule has 0 aliphatic heterocycles. The average Bonchev–Trinajstić information content (AvgIpc) is 2.83. The fraction of sp³-hybridized carbons (Fsp3) is 0.310. The van der Waals surface area contributed by atoms with Crippen LogP contribution in [0.25, 0.3) is 0 Å². The smallest absolute Gasteiger partial charge is 0.259 e. The van der Waals surface area contributed by atoms with Crippen molar-refractivity contribution >= 4 is 23.2 Å². The number of carbonyl (C=O) groups excluding carboxylic acids is 2. The van der Waals surface area contributed by atoms with Crippen molar-refractivity contribution in [3.05, 3.63) is 89.5 Å². The molecule has 0 heterocycles. The minimum atomic E-state index is -0.234. The van der Waals surface area contributed by atoms with Gasteiger partial charge in [0.05, 0.1) is 12.2 Å². The molecule has 0 aliphatic rings. The van der Waals surface area contributed by atoms with Crippen molar-refractivity contribution in [1.82, 2.24) is 0 Å².